The highest BCUT2D eigenvalue weighted by Gasteiger charge is 2.19. The topological polar surface area (TPSA) is 26.3 Å². The van der Waals surface area contributed by atoms with Crippen LogP contribution in [0.1, 0.15) is 41.3 Å². The van der Waals surface area contributed by atoms with Gasteiger partial charge in [-0.25, -0.2) is 0 Å². The van der Waals surface area contributed by atoms with Gasteiger partial charge in [0.05, 0.1) is 7.11 Å². The average molecular weight is 443 g/mol. The lowest BCUT2D eigenvalue weighted by Crippen LogP contribution is -2.17. The van der Waals surface area contributed by atoms with Crippen LogP contribution in [-0.4, -0.2) is 12.9 Å². The summed E-state index contributed by atoms with van der Waals surface area (Å²) in [6.07, 6.45) is 21.8. The second-order valence-electron chi connectivity index (χ2n) is 8.59. The highest BCUT2D eigenvalue weighted by atomic mass is 31.1. The molecule has 3 heteroatoms. The number of benzene rings is 2. The van der Waals surface area contributed by atoms with Gasteiger partial charge in [-0.3, -0.25) is 4.79 Å². The summed E-state index contributed by atoms with van der Waals surface area (Å²) in [6.45, 7) is 1.65. The van der Waals surface area contributed by atoms with Gasteiger partial charge in [-0.05, 0) is 66.9 Å². The summed E-state index contributed by atoms with van der Waals surface area (Å²) in [5.41, 5.74) is 3.43. The number of Topliss-reactive ketones (excluding diaryl/α,β-unsaturated/α-hetero) is 1. The standard InChI is InChI=1S/C29H31O2P/c1-21(30)26-15-9-10-16-27(26)32-28-20-24(17-22-11-5-3-6-12-22)19-25(29(28)31-2)18-23-13-7-4-8-14-23/h3-11,13,15-16,19-20,22-23,32H,12,14,17-18H2,1-2H3. The molecule has 4 rings (SSSR count). The molecule has 0 saturated carbocycles. The van der Waals surface area contributed by atoms with Gasteiger partial charge in [0.1, 0.15) is 5.75 Å². The van der Waals surface area contributed by atoms with Crippen molar-refractivity contribution in [3.8, 4) is 5.75 Å². The quantitative estimate of drug-likeness (QED) is 0.377. The first kappa shape index (κ1) is 22.5. The predicted molar refractivity (Wildman–Crippen MR) is 137 cm³/mol. The molecule has 3 atom stereocenters. The number of allylic oxidation sites excluding steroid dienone is 8. The number of methoxy groups -OCH3 is 1. The maximum Gasteiger partial charge on any atom is 0.160 e. The molecule has 2 aliphatic carbocycles. The van der Waals surface area contributed by atoms with Gasteiger partial charge in [-0.1, -0.05) is 87.5 Å². The van der Waals surface area contributed by atoms with Crippen molar-refractivity contribution in [3.05, 3.63) is 102 Å². The van der Waals surface area contributed by atoms with Gasteiger partial charge < -0.3 is 4.74 Å². The van der Waals surface area contributed by atoms with Crippen LogP contribution >= 0.6 is 8.58 Å². The monoisotopic (exact) mass is 442 g/mol. The van der Waals surface area contributed by atoms with E-state index in [2.05, 4.69) is 66.8 Å². The summed E-state index contributed by atoms with van der Waals surface area (Å²) in [6, 6.07) is 12.6. The third-order valence-electron chi connectivity index (χ3n) is 6.12. The maximum absolute atomic E-state index is 12.2. The number of carbonyl (C=O) groups excluding carboxylic acids is 1. The van der Waals surface area contributed by atoms with Crippen molar-refractivity contribution < 1.29 is 9.53 Å². The molecule has 0 fully saturated rings. The molecule has 2 aromatic rings. The van der Waals surface area contributed by atoms with E-state index in [1.54, 1.807) is 14.0 Å². The van der Waals surface area contributed by atoms with Crippen LogP contribution in [0.25, 0.3) is 0 Å². The molecule has 0 bridgehead atoms. The van der Waals surface area contributed by atoms with Crippen LogP contribution in [0.5, 0.6) is 5.75 Å². The molecule has 0 amide bonds. The van der Waals surface area contributed by atoms with E-state index < -0.39 is 0 Å². The number of hydrogen-bond donors (Lipinski definition) is 0. The molecule has 164 valence electrons. The molecular weight excluding hydrogens is 411 g/mol. The molecule has 2 aromatic carbocycles. The van der Waals surface area contributed by atoms with E-state index in [0.717, 1.165) is 42.3 Å². The Kier molecular flexibility index (Phi) is 7.55. The van der Waals surface area contributed by atoms with Crippen molar-refractivity contribution in [2.75, 3.05) is 7.11 Å². The molecule has 0 aromatic heterocycles. The Morgan fingerprint density at radius 2 is 1.62 bits per heavy atom. The maximum atomic E-state index is 12.2. The summed E-state index contributed by atoms with van der Waals surface area (Å²) >= 11 is 0. The smallest absolute Gasteiger partial charge is 0.160 e. The number of hydrogen-bond acceptors (Lipinski definition) is 2. The van der Waals surface area contributed by atoms with E-state index in [4.69, 9.17) is 4.74 Å². The van der Waals surface area contributed by atoms with E-state index in [1.165, 1.54) is 16.4 Å². The van der Waals surface area contributed by atoms with Crippen LogP contribution in [0.4, 0.5) is 0 Å². The molecule has 0 aliphatic heterocycles. The summed E-state index contributed by atoms with van der Waals surface area (Å²) in [5.74, 6) is 2.11. The minimum absolute atomic E-state index is 0.113. The third-order valence-corrected chi connectivity index (χ3v) is 7.47. The molecule has 2 nitrogen and oxygen atoms in total. The van der Waals surface area contributed by atoms with E-state index in [0.29, 0.717) is 20.4 Å². The fourth-order valence-corrected chi connectivity index (χ4v) is 6.05. The molecular formula is C29H31O2P. The average Bonchev–Trinajstić information content (AvgIpc) is 2.81. The van der Waals surface area contributed by atoms with Gasteiger partial charge >= 0.3 is 0 Å². The Labute approximate surface area is 193 Å². The predicted octanol–water partition coefficient (Wildman–Crippen LogP) is 5.88. The number of carbonyl (C=O) groups is 1. The zero-order chi connectivity index (χ0) is 22.3. The Hall–Kier alpha value is -2.70. The fourth-order valence-electron chi connectivity index (χ4n) is 4.55. The second kappa shape index (κ2) is 10.7. The van der Waals surface area contributed by atoms with Gasteiger partial charge in [0, 0.05) is 10.9 Å². The van der Waals surface area contributed by atoms with Crippen LogP contribution < -0.4 is 15.3 Å². The van der Waals surface area contributed by atoms with E-state index in [9.17, 15) is 4.79 Å². The first-order chi connectivity index (χ1) is 15.6. The van der Waals surface area contributed by atoms with E-state index >= 15 is 0 Å². The van der Waals surface area contributed by atoms with Crippen LogP contribution in [0, 0.1) is 11.8 Å². The van der Waals surface area contributed by atoms with Crippen LogP contribution in [-0.2, 0) is 12.8 Å². The van der Waals surface area contributed by atoms with Gasteiger partial charge in [0.15, 0.2) is 5.78 Å². The van der Waals surface area contributed by atoms with Gasteiger partial charge in [0.25, 0.3) is 0 Å². The Balaban J connectivity index is 1.71. The first-order valence-corrected chi connectivity index (χ1v) is 12.4. The van der Waals surface area contributed by atoms with Crippen LogP contribution in [0.15, 0.2) is 85.0 Å². The van der Waals surface area contributed by atoms with Crippen molar-refractivity contribution in [3.63, 3.8) is 0 Å². The van der Waals surface area contributed by atoms with Crippen molar-refractivity contribution in [2.45, 2.75) is 32.6 Å². The van der Waals surface area contributed by atoms with Gasteiger partial charge in [-0.2, -0.15) is 0 Å². The Morgan fingerprint density at radius 3 is 2.25 bits per heavy atom. The minimum Gasteiger partial charge on any atom is -0.496 e. The first-order valence-electron chi connectivity index (χ1n) is 11.4. The van der Waals surface area contributed by atoms with Gasteiger partial charge in [0.2, 0.25) is 0 Å². The minimum atomic E-state index is 0.113. The lowest BCUT2D eigenvalue weighted by Gasteiger charge is -2.21. The summed E-state index contributed by atoms with van der Waals surface area (Å²) in [7, 11) is 2.15. The zero-order valence-corrected chi connectivity index (χ0v) is 19.9. The third kappa shape index (κ3) is 5.56. The highest BCUT2D eigenvalue weighted by molar-refractivity contribution is 7.56. The molecule has 0 N–H and O–H groups in total. The van der Waals surface area contributed by atoms with E-state index in [-0.39, 0.29) is 5.78 Å². The van der Waals surface area contributed by atoms with Crippen molar-refractivity contribution in [1.29, 1.82) is 0 Å². The molecule has 0 saturated heterocycles. The molecule has 0 heterocycles. The number of ether oxygens (including phenoxy) is 1. The van der Waals surface area contributed by atoms with Gasteiger partial charge in [-0.15, -0.1) is 0 Å². The number of ketones is 1. The highest BCUT2D eigenvalue weighted by Crippen LogP contribution is 2.31. The van der Waals surface area contributed by atoms with Crippen molar-refractivity contribution >= 4 is 25.0 Å². The summed E-state index contributed by atoms with van der Waals surface area (Å²) in [5, 5.41) is 2.28. The normalized spacial score (nSPS) is 19.7. The lowest BCUT2D eigenvalue weighted by molar-refractivity contribution is 0.101. The molecule has 0 radical (unpaired) electrons. The fraction of sp³-hybridized carbons (Fsp3) is 0.276. The lowest BCUT2D eigenvalue weighted by atomic mass is 9.89. The molecule has 3 unspecified atom stereocenters. The zero-order valence-electron chi connectivity index (χ0n) is 18.9. The van der Waals surface area contributed by atoms with E-state index in [1.807, 2.05) is 18.2 Å². The summed E-state index contributed by atoms with van der Waals surface area (Å²) in [4.78, 5) is 12.2. The van der Waals surface area contributed by atoms with Crippen LogP contribution in [0.3, 0.4) is 0 Å². The van der Waals surface area contributed by atoms with Crippen LogP contribution in [0.2, 0.25) is 0 Å². The molecule has 0 spiro atoms. The Morgan fingerprint density at radius 1 is 0.938 bits per heavy atom. The number of rotatable bonds is 8. The molecule has 32 heavy (non-hydrogen) atoms. The summed E-state index contributed by atoms with van der Waals surface area (Å²) < 4.78 is 5.99. The largest absolute Gasteiger partial charge is 0.496 e. The van der Waals surface area contributed by atoms with Crippen molar-refractivity contribution in [2.24, 2.45) is 11.8 Å². The molecule has 2 aliphatic rings. The Bertz CT molecular complexity index is 1090. The SMILES string of the molecule is COc1c(CC2C=CC=CC2)cc(CC2C=CC=CC2)cc1Pc1ccccc1C(C)=O. The van der Waals surface area contributed by atoms with Crippen molar-refractivity contribution in [1.82, 2.24) is 0 Å². The second-order valence-corrected chi connectivity index (χ2v) is 9.92.